The highest BCUT2D eigenvalue weighted by molar-refractivity contribution is 7.92. The molecule has 3 rings (SSSR count). The van der Waals surface area contributed by atoms with Gasteiger partial charge in [-0.1, -0.05) is 49.6 Å². The van der Waals surface area contributed by atoms with Crippen molar-refractivity contribution < 1.29 is 13.5 Å². The van der Waals surface area contributed by atoms with E-state index in [9.17, 15) is 13.5 Å². The van der Waals surface area contributed by atoms with Crippen LogP contribution in [0.1, 0.15) is 49.1 Å². The number of para-hydroxylation sites is 1. The highest BCUT2D eigenvalue weighted by Crippen LogP contribution is 2.33. The van der Waals surface area contributed by atoms with E-state index in [2.05, 4.69) is 4.72 Å². The third-order valence-electron chi connectivity index (χ3n) is 4.70. The van der Waals surface area contributed by atoms with Crippen LogP contribution in [0.2, 0.25) is 0 Å². The third kappa shape index (κ3) is 3.79. The van der Waals surface area contributed by atoms with E-state index < -0.39 is 10.0 Å². The minimum atomic E-state index is -3.65. The molecule has 0 unspecified atom stereocenters. The molecule has 1 fully saturated rings. The van der Waals surface area contributed by atoms with Crippen LogP contribution in [0.4, 0.5) is 5.69 Å². The second-order valence-electron chi connectivity index (χ2n) is 6.32. The second-order valence-corrected chi connectivity index (χ2v) is 8.01. The molecule has 24 heavy (non-hydrogen) atoms. The van der Waals surface area contributed by atoms with Crippen LogP contribution in [-0.4, -0.2) is 13.5 Å². The number of rotatable bonds is 5. The summed E-state index contributed by atoms with van der Waals surface area (Å²) >= 11 is 0. The summed E-state index contributed by atoms with van der Waals surface area (Å²) in [5.41, 5.74) is 2.20. The van der Waals surface area contributed by atoms with E-state index in [1.54, 1.807) is 36.4 Å². The predicted molar refractivity (Wildman–Crippen MR) is 95.4 cm³/mol. The number of benzene rings is 2. The average molecular weight is 345 g/mol. The SMILES string of the molecule is O=S(=O)(Nc1ccccc1CO)c1ccc(C2CCCCC2)cc1. The van der Waals surface area contributed by atoms with E-state index in [1.165, 1.54) is 37.7 Å². The molecule has 128 valence electrons. The van der Waals surface area contributed by atoms with Gasteiger partial charge in [0, 0.05) is 5.56 Å². The summed E-state index contributed by atoms with van der Waals surface area (Å²) in [7, 11) is -3.65. The van der Waals surface area contributed by atoms with Gasteiger partial charge in [-0.05, 0) is 42.5 Å². The van der Waals surface area contributed by atoms with Crippen molar-refractivity contribution >= 4 is 15.7 Å². The Morgan fingerprint density at radius 2 is 1.62 bits per heavy atom. The molecule has 2 aromatic rings. The molecule has 0 saturated heterocycles. The van der Waals surface area contributed by atoms with Gasteiger partial charge in [-0.3, -0.25) is 4.72 Å². The zero-order chi connectivity index (χ0) is 17.0. The molecule has 0 amide bonds. The van der Waals surface area contributed by atoms with Crippen LogP contribution in [0.5, 0.6) is 0 Å². The average Bonchev–Trinajstić information content (AvgIpc) is 2.63. The number of aliphatic hydroxyl groups is 1. The molecule has 4 nitrogen and oxygen atoms in total. The summed E-state index contributed by atoms with van der Waals surface area (Å²) in [6, 6.07) is 14.1. The minimum absolute atomic E-state index is 0.209. The first-order valence-corrected chi connectivity index (χ1v) is 9.90. The van der Waals surface area contributed by atoms with E-state index in [0.29, 0.717) is 17.2 Å². The van der Waals surface area contributed by atoms with Crippen LogP contribution in [0, 0.1) is 0 Å². The Hall–Kier alpha value is -1.85. The van der Waals surface area contributed by atoms with Crippen LogP contribution in [0.3, 0.4) is 0 Å². The van der Waals surface area contributed by atoms with Crippen molar-refractivity contribution in [3.63, 3.8) is 0 Å². The van der Waals surface area contributed by atoms with Crippen molar-refractivity contribution in [3.05, 3.63) is 59.7 Å². The standard InChI is InChI=1S/C19H23NO3S/c21-14-17-8-4-5-9-19(17)20-24(22,23)18-12-10-16(11-13-18)15-6-2-1-3-7-15/h4-5,8-13,15,20-21H,1-3,6-7,14H2. The molecule has 5 heteroatoms. The van der Waals surface area contributed by atoms with Gasteiger partial charge in [-0.2, -0.15) is 0 Å². The van der Waals surface area contributed by atoms with Gasteiger partial charge in [0.15, 0.2) is 0 Å². The van der Waals surface area contributed by atoms with E-state index in [4.69, 9.17) is 0 Å². The largest absolute Gasteiger partial charge is 0.392 e. The first-order valence-electron chi connectivity index (χ1n) is 8.42. The van der Waals surface area contributed by atoms with E-state index >= 15 is 0 Å². The van der Waals surface area contributed by atoms with Crippen molar-refractivity contribution in [1.82, 2.24) is 0 Å². The van der Waals surface area contributed by atoms with Gasteiger partial charge in [-0.15, -0.1) is 0 Å². The Labute approximate surface area is 143 Å². The minimum Gasteiger partial charge on any atom is -0.392 e. The fourth-order valence-corrected chi connectivity index (χ4v) is 4.42. The lowest BCUT2D eigenvalue weighted by Crippen LogP contribution is -2.14. The molecule has 2 aromatic carbocycles. The molecular weight excluding hydrogens is 322 g/mol. The van der Waals surface area contributed by atoms with Crippen molar-refractivity contribution in [2.75, 3.05) is 4.72 Å². The van der Waals surface area contributed by atoms with Crippen molar-refractivity contribution in [2.45, 2.75) is 49.5 Å². The Morgan fingerprint density at radius 1 is 0.958 bits per heavy atom. The molecule has 0 spiro atoms. The first-order chi connectivity index (χ1) is 11.6. The number of anilines is 1. The highest BCUT2D eigenvalue weighted by Gasteiger charge is 2.18. The summed E-state index contributed by atoms with van der Waals surface area (Å²) in [5, 5.41) is 9.33. The number of sulfonamides is 1. The maximum Gasteiger partial charge on any atom is 0.261 e. The zero-order valence-corrected chi connectivity index (χ0v) is 14.4. The summed E-state index contributed by atoms with van der Waals surface area (Å²) in [5.74, 6) is 0.554. The Bertz CT molecular complexity index is 779. The zero-order valence-electron chi connectivity index (χ0n) is 13.6. The molecule has 0 radical (unpaired) electrons. The van der Waals surface area contributed by atoms with Crippen LogP contribution in [-0.2, 0) is 16.6 Å². The van der Waals surface area contributed by atoms with Gasteiger partial charge >= 0.3 is 0 Å². The van der Waals surface area contributed by atoms with E-state index in [-0.39, 0.29) is 11.5 Å². The van der Waals surface area contributed by atoms with E-state index in [0.717, 1.165) is 0 Å². The summed E-state index contributed by atoms with van der Waals surface area (Å²) in [6.45, 7) is -0.209. The maximum absolute atomic E-state index is 12.6. The molecule has 0 aliphatic heterocycles. The third-order valence-corrected chi connectivity index (χ3v) is 6.08. The number of hydrogen-bond acceptors (Lipinski definition) is 3. The fourth-order valence-electron chi connectivity index (χ4n) is 3.32. The molecule has 0 aromatic heterocycles. The van der Waals surface area contributed by atoms with Crippen molar-refractivity contribution in [2.24, 2.45) is 0 Å². The molecular formula is C19H23NO3S. The van der Waals surface area contributed by atoms with Gasteiger partial charge in [0.25, 0.3) is 10.0 Å². The second kappa shape index (κ2) is 7.36. The predicted octanol–water partition coefficient (Wildman–Crippen LogP) is 4.03. The lowest BCUT2D eigenvalue weighted by Gasteiger charge is -2.22. The summed E-state index contributed by atoms with van der Waals surface area (Å²) < 4.78 is 27.7. The lowest BCUT2D eigenvalue weighted by molar-refractivity contribution is 0.282. The van der Waals surface area contributed by atoms with Gasteiger partial charge < -0.3 is 5.11 Å². The topological polar surface area (TPSA) is 66.4 Å². The molecule has 1 aliphatic carbocycles. The number of hydrogen-bond donors (Lipinski definition) is 2. The number of nitrogens with one attached hydrogen (secondary N) is 1. The fraction of sp³-hybridized carbons (Fsp3) is 0.368. The number of aliphatic hydroxyl groups excluding tert-OH is 1. The Balaban J connectivity index is 1.79. The summed E-state index contributed by atoms with van der Waals surface area (Å²) in [6.07, 6.45) is 6.19. The normalized spacial score (nSPS) is 16.0. The highest BCUT2D eigenvalue weighted by atomic mass is 32.2. The molecule has 0 atom stereocenters. The van der Waals surface area contributed by atoms with Crippen LogP contribution >= 0.6 is 0 Å². The smallest absolute Gasteiger partial charge is 0.261 e. The molecule has 1 saturated carbocycles. The summed E-state index contributed by atoms with van der Waals surface area (Å²) in [4.78, 5) is 0.245. The Kier molecular flexibility index (Phi) is 5.21. The maximum atomic E-state index is 12.6. The van der Waals surface area contributed by atoms with Gasteiger partial charge in [0.1, 0.15) is 0 Å². The van der Waals surface area contributed by atoms with Crippen LogP contribution in [0.25, 0.3) is 0 Å². The Morgan fingerprint density at radius 3 is 2.29 bits per heavy atom. The molecule has 0 bridgehead atoms. The first kappa shape index (κ1) is 17.0. The molecule has 0 heterocycles. The van der Waals surface area contributed by atoms with Crippen LogP contribution in [0.15, 0.2) is 53.4 Å². The van der Waals surface area contributed by atoms with Crippen LogP contribution < -0.4 is 4.72 Å². The monoisotopic (exact) mass is 345 g/mol. The van der Waals surface area contributed by atoms with Crippen molar-refractivity contribution in [3.8, 4) is 0 Å². The molecule has 1 aliphatic rings. The molecule has 2 N–H and O–H groups in total. The lowest BCUT2D eigenvalue weighted by atomic mass is 9.84. The van der Waals surface area contributed by atoms with Gasteiger partial charge in [0.2, 0.25) is 0 Å². The van der Waals surface area contributed by atoms with E-state index in [1.807, 2.05) is 12.1 Å². The van der Waals surface area contributed by atoms with Gasteiger partial charge in [-0.25, -0.2) is 8.42 Å². The quantitative estimate of drug-likeness (QED) is 0.860. The van der Waals surface area contributed by atoms with Crippen molar-refractivity contribution in [1.29, 1.82) is 0 Å². The van der Waals surface area contributed by atoms with Gasteiger partial charge in [0.05, 0.1) is 17.2 Å².